The Hall–Kier alpha value is -2.35. The van der Waals surface area contributed by atoms with E-state index in [-0.39, 0.29) is 31.4 Å². The molecule has 1 aromatic rings. The van der Waals surface area contributed by atoms with Gasteiger partial charge in [0.2, 0.25) is 11.8 Å². The van der Waals surface area contributed by atoms with Gasteiger partial charge in [0.25, 0.3) is 0 Å². The van der Waals surface area contributed by atoms with Crippen molar-refractivity contribution >= 4 is 17.8 Å². The third-order valence-electron chi connectivity index (χ3n) is 3.40. The zero-order valence-corrected chi connectivity index (χ0v) is 11.5. The SMILES string of the molecule is CC(C(=O)NCc1ccco1)N1CC(=O)NCC1C(=O)O. The lowest BCUT2D eigenvalue weighted by Gasteiger charge is -2.36. The van der Waals surface area contributed by atoms with E-state index in [4.69, 9.17) is 9.52 Å². The normalized spacial score (nSPS) is 20.6. The van der Waals surface area contributed by atoms with Crippen LogP contribution in [0.3, 0.4) is 0 Å². The van der Waals surface area contributed by atoms with Gasteiger partial charge in [-0.25, -0.2) is 0 Å². The fraction of sp³-hybridized carbons (Fsp3) is 0.462. The van der Waals surface area contributed by atoms with Crippen LogP contribution in [-0.4, -0.2) is 53.0 Å². The van der Waals surface area contributed by atoms with E-state index in [1.54, 1.807) is 19.1 Å². The standard InChI is InChI=1S/C13H17N3O5/c1-8(12(18)15-5-9-3-2-4-21-9)16-7-11(17)14-6-10(16)13(19)20/h2-4,8,10H,5-7H2,1H3,(H,14,17)(H,15,18)(H,19,20). The Morgan fingerprint density at radius 2 is 2.38 bits per heavy atom. The predicted molar refractivity (Wildman–Crippen MR) is 71.2 cm³/mol. The molecule has 1 aliphatic heterocycles. The molecule has 1 fully saturated rings. The van der Waals surface area contributed by atoms with Crippen molar-refractivity contribution in [2.45, 2.75) is 25.6 Å². The lowest BCUT2D eigenvalue weighted by Crippen LogP contribution is -2.62. The van der Waals surface area contributed by atoms with Gasteiger partial charge in [0.15, 0.2) is 0 Å². The Morgan fingerprint density at radius 3 is 3.00 bits per heavy atom. The highest BCUT2D eigenvalue weighted by Gasteiger charge is 2.37. The van der Waals surface area contributed by atoms with Crippen LogP contribution in [-0.2, 0) is 20.9 Å². The molecule has 8 heteroatoms. The van der Waals surface area contributed by atoms with Crippen LogP contribution >= 0.6 is 0 Å². The van der Waals surface area contributed by atoms with Crippen molar-refractivity contribution in [2.75, 3.05) is 13.1 Å². The number of carboxylic acid groups (broad SMARTS) is 1. The molecule has 2 rings (SSSR count). The van der Waals surface area contributed by atoms with Gasteiger partial charge in [-0.05, 0) is 19.1 Å². The number of piperazine rings is 1. The number of hydrogen-bond acceptors (Lipinski definition) is 5. The minimum absolute atomic E-state index is 0.00995. The van der Waals surface area contributed by atoms with Crippen LogP contribution in [0.2, 0.25) is 0 Å². The fourth-order valence-electron chi connectivity index (χ4n) is 2.18. The number of rotatable bonds is 5. The minimum Gasteiger partial charge on any atom is -0.480 e. The van der Waals surface area contributed by atoms with Crippen LogP contribution < -0.4 is 10.6 Å². The summed E-state index contributed by atoms with van der Waals surface area (Å²) in [6.45, 7) is 1.66. The number of aliphatic carboxylic acids is 1. The van der Waals surface area contributed by atoms with Gasteiger partial charge in [-0.1, -0.05) is 0 Å². The minimum atomic E-state index is -1.07. The molecule has 0 aliphatic carbocycles. The van der Waals surface area contributed by atoms with Crippen molar-refractivity contribution in [3.8, 4) is 0 Å². The quantitative estimate of drug-likeness (QED) is 0.653. The first-order valence-electron chi connectivity index (χ1n) is 6.54. The molecule has 2 amide bonds. The van der Waals surface area contributed by atoms with Crippen molar-refractivity contribution in [1.29, 1.82) is 0 Å². The molecule has 0 spiro atoms. The molecule has 0 radical (unpaired) electrons. The average Bonchev–Trinajstić information content (AvgIpc) is 2.96. The molecule has 8 nitrogen and oxygen atoms in total. The Bertz CT molecular complexity index is 528. The maximum absolute atomic E-state index is 12.1. The summed E-state index contributed by atoms with van der Waals surface area (Å²) in [7, 11) is 0. The smallest absolute Gasteiger partial charge is 0.322 e. The number of carbonyl (C=O) groups is 3. The van der Waals surface area contributed by atoms with Gasteiger partial charge in [-0.15, -0.1) is 0 Å². The second kappa shape index (κ2) is 6.40. The summed E-state index contributed by atoms with van der Waals surface area (Å²) in [5, 5.41) is 14.3. The van der Waals surface area contributed by atoms with E-state index >= 15 is 0 Å². The molecular formula is C13H17N3O5. The third-order valence-corrected chi connectivity index (χ3v) is 3.40. The van der Waals surface area contributed by atoms with Crippen LogP contribution in [0.25, 0.3) is 0 Å². The molecule has 0 saturated carbocycles. The Morgan fingerprint density at radius 1 is 1.62 bits per heavy atom. The fourth-order valence-corrected chi connectivity index (χ4v) is 2.18. The summed E-state index contributed by atoms with van der Waals surface area (Å²) in [6, 6.07) is 1.79. The molecule has 0 bridgehead atoms. The maximum atomic E-state index is 12.1. The van der Waals surface area contributed by atoms with Crippen LogP contribution in [0.4, 0.5) is 0 Å². The van der Waals surface area contributed by atoms with E-state index in [9.17, 15) is 14.4 Å². The number of carboxylic acids is 1. The van der Waals surface area contributed by atoms with E-state index in [1.165, 1.54) is 11.2 Å². The second-order valence-corrected chi connectivity index (χ2v) is 4.80. The molecule has 1 aromatic heterocycles. The average molecular weight is 295 g/mol. The Kier molecular flexibility index (Phi) is 4.59. The van der Waals surface area contributed by atoms with Crippen LogP contribution in [0.1, 0.15) is 12.7 Å². The number of carbonyl (C=O) groups excluding carboxylic acids is 2. The van der Waals surface area contributed by atoms with Crippen molar-refractivity contribution in [3.05, 3.63) is 24.2 Å². The summed E-state index contributed by atoms with van der Waals surface area (Å²) in [4.78, 5) is 36.1. The molecule has 3 N–H and O–H groups in total. The number of amides is 2. The lowest BCUT2D eigenvalue weighted by molar-refractivity contribution is -0.148. The Labute approximate surface area is 121 Å². The van der Waals surface area contributed by atoms with Gasteiger partial charge in [-0.2, -0.15) is 0 Å². The first kappa shape index (κ1) is 15.0. The van der Waals surface area contributed by atoms with Crippen molar-refractivity contribution in [3.63, 3.8) is 0 Å². The summed E-state index contributed by atoms with van der Waals surface area (Å²) in [5.41, 5.74) is 0. The Balaban J connectivity index is 1.98. The van der Waals surface area contributed by atoms with Gasteiger partial charge in [0.1, 0.15) is 11.8 Å². The molecule has 21 heavy (non-hydrogen) atoms. The number of hydrogen-bond donors (Lipinski definition) is 3. The van der Waals surface area contributed by atoms with E-state index in [1.807, 2.05) is 0 Å². The highest BCUT2D eigenvalue weighted by Crippen LogP contribution is 2.10. The summed E-state index contributed by atoms with van der Waals surface area (Å²) < 4.78 is 5.10. The van der Waals surface area contributed by atoms with Crippen molar-refractivity contribution in [1.82, 2.24) is 15.5 Å². The van der Waals surface area contributed by atoms with Crippen molar-refractivity contribution in [2.24, 2.45) is 0 Å². The second-order valence-electron chi connectivity index (χ2n) is 4.80. The monoisotopic (exact) mass is 295 g/mol. The molecule has 1 saturated heterocycles. The molecule has 2 unspecified atom stereocenters. The van der Waals surface area contributed by atoms with Crippen LogP contribution in [0.5, 0.6) is 0 Å². The van der Waals surface area contributed by atoms with Crippen molar-refractivity contribution < 1.29 is 23.9 Å². The van der Waals surface area contributed by atoms with E-state index in [2.05, 4.69) is 10.6 Å². The largest absolute Gasteiger partial charge is 0.480 e. The molecule has 114 valence electrons. The van der Waals surface area contributed by atoms with Gasteiger partial charge < -0.3 is 20.2 Å². The van der Waals surface area contributed by atoms with E-state index in [0.717, 1.165) is 0 Å². The zero-order valence-electron chi connectivity index (χ0n) is 11.5. The van der Waals surface area contributed by atoms with Gasteiger partial charge in [0, 0.05) is 6.54 Å². The molecule has 2 atom stereocenters. The van der Waals surface area contributed by atoms with Gasteiger partial charge >= 0.3 is 5.97 Å². The number of furan rings is 1. The van der Waals surface area contributed by atoms with Crippen LogP contribution in [0.15, 0.2) is 22.8 Å². The highest BCUT2D eigenvalue weighted by molar-refractivity contribution is 5.87. The topological polar surface area (TPSA) is 112 Å². The maximum Gasteiger partial charge on any atom is 0.322 e. The zero-order chi connectivity index (χ0) is 15.4. The predicted octanol–water partition coefficient (Wildman–Crippen LogP) is -0.831. The summed E-state index contributed by atoms with van der Waals surface area (Å²) in [6.07, 6.45) is 1.50. The molecule has 2 heterocycles. The van der Waals surface area contributed by atoms with Gasteiger partial charge in [-0.3, -0.25) is 19.3 Å². The number of nitrogens with one attached hydrogen (secondary N) is 2. The summed E-state index contributed by atoms with van der Waals surface area (Å²) >= 11 is 0. The van der Waals surface area contributed by atoms with Crippen LogP contribution in [0, 0.1) is 0 Å². The lowest BCUT2D eigenvalue weighted by atomic mass is 10.1. The summed E-state index contributed by atoms with van der Waals surface area (Å²) in [5.74, 6) is -1.12. The van der Waals surface area contributed by atoms with E-state index < -0.39 is 18.1 Å². The van der Waals surface area contributed by atoms with E-state index in [0.29, 0.717) is 5.76 Å². The molecular weight excluding hydrogens is 278 g/mol. The third kappa shape index (κ3) is 3.60. The van der Waals surface area contributed by atoms with Gasteiger partial charge in [0.05, 0.1) is 25.4 Å². The highest BCUT2D eigenvalue weighted by atomic mass is 16.4. The first-order chi connectivity index (χ1) is 9.99. The first-order valence-corrected chi connectivity index (χ1v) is 6.54. The number of nitrogens with zero attached hydrogens (tertiary/aromatic N) is 1. The molecule has 0 aromatic carbocycles. The molecule has 1 aliphatic rings.